The van der Waals surface area contributed by atoms with Gasteiger partial charge in [0.25, 0.3) is 0 Å². The van der Waals surface area contributed by atoms with E-state index in [-0.39, 0.29) is 12.4 Å². The fourth-order valence-corrected chi connectivity index (χ4v) is 3.01. The van der Waals surface area contributed by atoms with Gasteiger partial charge in [0.15, 0.2) is 0 Å². The molecule has 1 aromatic rings. The number of nitrogens with one attached hydrogen (secondary N) is 1. The van der Waals surface area contributed by atoms with Gasteiger partial charge in [-0.3, -0.25) is 0 Å². The highest BCUT2D eigenvalue weighted by Gasteiger charge is 2.22. The van der Waals surface area contributed by atoms with Crippen LogP contribution < -0.4 is 5.32 Å². The van der Waals surface area contributed by atoms with Crippen LogP contribution in [-0.4, -0.2) is 22.9 Å². The Hall–Kier alpha value is -0.770. The first-order valence-corrected chi connectivity index (χ1v) is 7.40. The van der Waals surface area contributed by atoms with Crippen molar-refractivity contribution in [2.45, 2.75) is 44.7 Å². The zero-order valence-electron chi connectivity index (χ0n) is 11.1. The van der Waals surface area contributed by atoms with Gasteiger partial charge < -0.3 is 15.5 Å². The number of rotatable bonds is 4. The summed E-state index contributed by atoms with van der Waals surface area (Å²) in [7, 11) is 0. The molecular weight excluding hydrogens is 262 g/mol. The van der Waals surface area contributed by atoms with Gasteiger partial charge in [0.2, 0.25) is 0 Å². The molecular formula is C15H22ClNO2. The highest BCUT2D eigenvalue weighted by atomic mass is 35.5. The number of aliphatic hydroxyl groups is 1. The number of hydrogen-bond donors (Lipinski definition) is 3. The molecule has 3 N–H and O–H groups in total. The van der Waals surface area contributed by atoms with Crippen molar-refractivity contribution in [1.29, 1.82) is 0 Å². The largest absolute Gasteiger partial charge is 0.506 e. The summed E-state index contributed by atoms with van der Waals surface area (Å²) in [4.78, 5) is 0. The minimum absolute atomic E-state index is 0.158. The molecule has 2 unspecified atom stereocenters. The smallest absolute Gasteiger partial charge is 0.138 e. The SMILES string of the molecule is OCC1CCCCCC1NCc1cccc(Cl)c1O. The molecule has 0 aliphatic heterocycles. The van der Waals surface area contributed by atoms with Crippen LogP contribution in [0.15, 0.2) is 18.2 Å². The van der Waals surface area contributed by atoms with Crippen LogP contribution in [0.5, 0.6) is 5.75 Å². The van der Waals surface area contributed by atoms with Crippen molar-refractivity contribution in [3.05, 3.63) is 28.8 Å². The molecule has 1 saturated carbocycles. The third kappa shape index (κ3) is 3.85. The number of aromatic hydroxyl groups is 1. The van der Waals surface area contributed by atoms with E-state index in [1.165, 1.54) is 19.3 Å². The summed E-state index contributed by atoms with van der Waals surface area (Å²) in [5.41, 5.74) is 0.813. The summed E-state index contributed by atoms with van der Waals surface area (Å²) in [6.45, 7) is 0.826. The predicted molar refractivity (Wildman–Crippen MR) is 77.4 cm³/mol. The monoisotopic (exact) mass is 283 g/mol. The van der Waals surface area contributed by atoms with Crippen LogP contribution in [-0.2, 0) is 6.54 Å². The maximum absolute atomic E-state index is 9.88. The van der Waals surface area contributed by atoms with E-state index in [4.69, 9.17) is 11.6 Å². The summed E-state index contributed by atoms with van der Waals surface area (Å²) in [6, 6.07) is 5.72. The van der Waals surface area contributed by atoms with Crippen LogP contribution >= 0.6 is 11.6 Å². The van der Waals surface area contributed by atoms with Crippen LogP contribution in [0, 0.1) is 5.92 Å². The molecule has 0 radical (unpaired) electrons. The summed E-state index contributed by atoms with van der Waals surface area (Å²) >= 11 is 5.90. The lowest BCUT2D eigenvalue weighted by Gasteiger charge is -2.24. The molecule has 0 amide bonds. The summed E-state index contributed by atoms with van der Waals surface area (Å²) < 4.78 is 0. The summed E-state index contributed by atoms with van der Waals surface area (Å²) in [6.07, 6.45) is 5.82. The Labute approximate surface area is 119 Å². The molecule has 0 heterocycles. The lowest BCUT2D eigenvalue weighted by Crippen LogP contribution is -2.36. The van der Waals surface area contributed by atoms with Gasteiger partial charge in [-0.2, -0.15) is 0 Å². The van der Waals surface area contributed by atoms with Crippen molar-refractivity contribution < 1.29 is 10.2 Å². The van der Waals surface area contributed by atoms with Crippen molar-refractivity contribution in [1.82, 2.24) is 5.32 Å². The van der Waals surface area contributed by atoms with Gasteiger partial charge >= 0.3 is 0 Å². The van der Waals surface area contributed by atoms with E-state index in [9.17, 15) is 10.2 Å². The van der Waals surface area contributed by atoms with E-state index in [2.05, 4.69) is 5.32 Å². The van der Waals surface area contributed by atoms with E-state index in [1.54, 1.807) is 6.07 Å². The van der Waals surface area contributed by atoms with Crippen LogP contribution in [0.4, 0.5) is 0 Å². The van der Waals surface area contributed by atoms with Gasteiger partial charge in [-0.05, 0) is 24.8 Å². The van der Waals surface area contributed by atoms with Crippen LogP contribution in [0.1, 0.15) is 37.7 Å². The first kappa shape index (κ1) is 14.6. The zero-order chi connectivity index (χ0) is 13.7. The summed E-state index contributed by atoms with van der Waals surface area (Å²) in [5, 5.41) is 23.2. The van der Waals surface area contributed by atoms with Gasteiger partial charge in [-0.1, -0.05) is 43.0 Å². The summed E-state index contributed by atoms with van der Waals surface area (Å²) in [5.74, 6) is 0.481. The molecule has 3 nitrogen and oxygen atoms in total. The minimum atomic E-state index is 0.158. The molecule has 2 atom stereocenters. The molecule has 2 rings (SSSR count). The molecule has 0 saturated heterocycles. The molecule has 0 spiro atoms. The second kappa shape index (κ2) is 7.13. The molecule has 4 heteroatoms. The fraction of sp³-hybridized carbons (Fsp3) is 0.600. The Morgan fingerprint density at radius 3 is 2.79 bits per heavy atom. The van der Waals surface area contributed by atoms with E-state index in [0.717, 1.165) is 18.4 Å². The fourth-order valence-electron chi connectivity index (χ4n) is 2.82. The maximum atomic E-state index is 9.88. The third-order valence-electron chi connectivity index (χ3n) is 4.02. The van der Waals surface area contributed by atoms with Crippen molar-refractivity contribution >= 4 is 11.6 Å². The number of aliphatic hydroxyl groups excluding tert-OH is 1. The Balaban J connectivity index is 1.98. The average molecular weight is 284 g/mol. The van der Waals surface area contributed by atoms with Gasteiger partial charge in [0.05, 0.1) is 5.02 Å². The van der Waals surface area contributed by atoms with Crippen LogP contribution in [0.25, 0.3) is 0 Å². The van der Waals surface area contributed by atoms with E-state index in [1.807, 2.05) is 12.1 Å². The molecule has 1 aliphatic rings. The normalized spacial score (nSPS) is 24.1. The van der Waals surface area contributed by atoms with Crippen molar-refractivity contribution in [3.63, 3.8) is 0 Å². The molecule has 0 bridgehead atoms. The Morgan fingerprint density at radius 2 is 2.00 bits per heavy atom. The van der Waals surface area contributed by atoms with Crippen LogP contribution in [0.2, 0.25) is 5.02 Å². The van der Waals surface area contributed by atoms with Gasteiger partial charge in [0.1, 0.15) is 5.75 Å². The Kier molecular flexibility index (Phi) is 5.49. The van der Waals surface area contributed by atoms with Crippen molar-refractivity contribution in [3.8, 4) is 5.75 Å². The number of para-hydroxylation sites is 1. The molecule has 106 valence electrons. The molecule has 0 aromatic heterocycles. The first-order chi connectivity index (χ1) is 9.22. The number of phenols is 1. The lowest BCUT2D eigenvalue weighted by molar-refractivity contribution is 0.181. The average Bonchev–Trinajstić information content (AvgIpc) is 2.65. The highest BCUT2D eigenvalue weighted by molar-refractivity contribution is 6.32. The third-order valence-corrected chi connectivity index (χ3v) is 4.32. The molecule has 1 aromatic carbocycles. The van der Waals surface area contributed by atoms with E-state index in [0.29, 0.717) is 23.5 Å². The lowest BCUT2D eigenvalue weighted by atomic mass is 9.95. The Bertz CT molecular complexity index is 411. The number of halogens is 1. The quantitative estimate of drug-likeness (QED) is 0.745. The van der Waals surface area contributed by atoms with E-state index < -0.39 is 0 Å². The highest BCUT2D eigenvalue weighted by Crippen LogP contribution is 2.28. The predicted octanol–water partition coefficient (Wildman–Crippen LogP) is 3.08. The second-order valence-corrected chi connectivity index (χ2v) is 5.72. The second-order valence-electron chi connectivity index (χ2n) is 5.32. The minimum Gasteiger partial charge on any atom is -0.506 e. The maximum Gasteiger partial charge on any atom is 0.138 e. The van der Waals surface area contributed by atoms with Crippen molar-refractivity contribution in [2.75, 3.05) is 6.61 Å². The molecule has 1 aliphatic carbocycles. The molecule has 1 fully saturated rings. The van der Waals surface area contributed by atoms with Crippen molar-refractivity contribution in [2.24, 2.45) is 5.92 Å². The van der Waals surface area contributed by atoms with Gasteiger partial charge in [0, 0.05) is 24.8 Å². The topological polar surface area (TPSA) is 52.5 Å². The van der Waals surface area contributed by atoms with Gasteiger partial charge in [-0.15, -0.1) is 0 Å². The Morgan fingerprint density at radius 1 is 1.21 bits per heavy atom. The standard InChI is InChI=1S/C15H22ClNO2/c16-13-7-4-6-11(15(13)19)9-17-14-8-3-1-2-5-12(14)10-18/h4,6-7,12,14,17-19H,1-3,5,8-10H2. The van der Waals surface area contributed by atoms with Crippen LogP contribution in [0.3, 0.4) is 0 Å². The first-order valence-electron chi connectivity index (χ1n) is 7.03. The number of benzene rings is 1. The van der Waals surface area contributed by atoms with Gasteiger partial charge in [-0.25, -0.2) is 0 Å². The number of hydrogen-bond acceptors (Lipinski definition) is 3. The number of phenolic OH excluding ortho intramolecular Hbond substituents is 1. The molecule has 19 heavy (non-hydrogen) atoms. The zero-order valence-corrected chi connectivity index (χ0v) is 11.9. The van der Waals surface area contributed by atoms with E-state index >= 15 is 0 Å².